The van der Waals surface area contributed by atoms with Crippen LogP contribution in [0.1, 0.15) is 11.1 Å². The lowest BCUT2D eigenvalue weighted by Crippen LogP contribution is -2.03. The van der Waals surface area contributed by atoms with Gasteiger partial charge in [0.2, 0.25) is 0 Å². The molecule has 0 radical (unpaired) electrons. The Balaban J connectivity index is 2.27. The maximum atomic E-state index is 11.0. The molecule has 0 heterocycles. The van der Waals surface area contributed by atoms with Crippen molar-refractivity contribution in [1.82, 2.24) is 0 Å². The fourth-order valence-corrected chi connectivity index (χ4v) is 1.91. The highest BCUT2D eigenvalue weighted by Crippen LogP contribution is 2.22. The molecule has 2 aromatic rings. The summed E-state index contributed by atoms with van der Waals surface area (Å²) in [6.45, 7) is 0.0316. The fraction of sp³-hybridized carbons (Fsp3) is 0.111. The Labute approximate surface area is 124 Å². The van der Waals surface area contributed by atoms with Crippen LogP contribution < -0.4 is 0 Å². The minimum absolute atomic E-state index is 0.0316. The molecular weight excluding hydrogens is 262 g/mol. The molecule has 106 valence electrons. The second-order valence-corrected chi connectivity index (χ2v) is 4.38. The minimum Gasteiger partial charge on any atom is -0.468 e. The third-order valence-electron chi connectivity index (χ3n) is 2.96. The molecule has 0 bridgehead atoms. The van der Waals surface area contributed by atoms with Crippen LogP contribution in [0.15, 0.2) is 71.7 Å². The lowest BCUT2D eigenvalue weighted by molar-refractivity contribution is -0.138. The van der Waals surface area contributed by atoms with Crippen molar-refractivity contribution in [3.05, 3.63) is 77.9 Å². The molecule has 0 spiro atoms. The van der Waals surface area contributed by atoms with Crippen molar-refractivity contribution in [1.29, 1.82) is 0 Å². The van der Waals surface area contributed by atoms with Gasteiger partial charge in [-0.3, -0.25) is 9.79 Å². The Kier molecular flexibility index (Phi) is 5.47. The average Bonchev–Trinajstić information content (AvgIpc) is 2.56. The lowest BCUT2D eigenvalue weighted by Gasteiger charge is -2.07. The van der Waals surface area contributed by atoms with Gasteiger partial charge in [-0.2, -0.15) is 0 Å². The highest BCUT2D eigenvalue weighted by atomic mass is 16.5. The van der Waals surface area contributed by atoms with Crippen molar-refractivity contribution in [2.45, 2.75) is 0 Å². The number of allylic oxidation sites excluding steroid dienone is 1. The molecule has 0 aliphatic rings. The number of methoxy groups -OCH3 is 1. The quantitative estimate of drug-likeness (QED) is 0.622. The van der Waals surface area contributed by atoms with E-state index in [1.54, 1.807) is 6.21 Å². The van der Waals surface area contributed by atoms with Gasteiger partial charge in [-0.15, -0.1) is 0 Å². The Morgan fingerprint density at radius 1 is 1.00 bits per heavy atom. The monoisotopic (exact) mass is 279 g/mol. The Morgan fingerprint density at radius 3 is 2.00 bits per heavy atom. The number of aliphatic imine (C=N–C) groups is 1. The van der Waals surface area contributed by atoms with E-state index in [4.69, 9.17) is 0 Å². The summed E-state index contributed by atoms with van der Waals surface area (Å²) in [5.41, 5.74) is 3.27. The predicted molar refractivity (Wildman–Crippen MR) is 85.3 cm³/mol. The topological polar surface area (TPSA) is 38.7 Å². The first-order valence-corrected chi connectivity index (χ1v) is 6.69. The molecule has 2 rings (SSSR count). The number of hydrogen-bond donors (Lipinski definition) is 0. The van der Waals surface area contributed by atoms with Gasteiger partial charge in [0.25, 0.3) is 0 Å². The van der Waals surface area contributed by atoms with E-state index in [0.29, 0.717) is 0 Å². The maximum Gasteiger partial charge on any atom is 0.327 e. The Morgan fingerprint density at radius 2 is 1.52 bits per heavy atom. The Hall–Kier alpha value is -2.68. The SMILES string of the molecule is COC(=O)CN=CC=C(c1ccccc1)c1ccccc1. The van der Waals surface area contributed by atoms with Crippen LogP contribution in [-0.4, -0.2) is 25.8 Å². The van der Waals surface area contributed by atoms with Gasteiger partial charge in [-0.05, 0) is 22.8 Å². The minimum atomic E-state index is -0.347. The first-order chi connectivity index (χ1) is 10.3. The highest BCUT2D eigenvalue weighted by Gasteiger charge is 2.03. The first kappa shape index (κ1) is 14.7. The first-order valence-electron chi connectivity index (χ1n) is 6.69. The summed E-state index contributed by atoms with van der Waals surface area (Å²) < 4.78 is 4.55. The van der Waals surface area contributed by atoms with E-state index in [0.717, 1.165) is 16.7 Å². The molecule has 0 amide bonds. The maximum absolute atomic E-state index is 11.0. The van der Waals surface area contributed by atoms with E-state index in [2.05, 4.69) is 9.73 Å². The molecule has 0 unspecified atom stereocenters. The molecule has 3 heteroatoms. The Bertz CT molecular complexity index is 589. The summed E-state index contributed by atoms with van der Waals surface area (Å²) in [4.78, 5) is 15.1. The number of nitrogens with zero attached hydrogens (tertiary/aromatic N) is 1. The number of hydrogen-bond acceptors (Lipinski definition) is 3. The summed E-state index contributed by atoms with van der Waals surface area (Å²) in [6.07, 6.45) is 3.56. The second kappa shape index (κ2) is 7.80. The van der Waals surface area contributed by atoms with Gasteiger partial charge < -0.3 is 4.74 Å². The summed E-state index contributed by atoms with van der Waals surface area (Å²) in [7, 11) is 1.35. The van der Waals surface area contributed by atoms with Crippen LogP contribution in [0.2, 0.25) is 0 Å². The normalized spacial score (nSPS) is 10.3. The van der Waals surface area contributed by atoms with Gasteiger partial charge >= 0.3 is 5.97 Å². The van der Waals surface area contributed by atoms with Crippen molar-refractivity contribution in [3.8, 4) is 0 Å². The third-order valence-corrected chi connectivity index (χ3v) is 2.96. The number of carbonyl (C=O) groups is 1. The van der Waals surface area contributed by atoms with Crippen LogP contribution in [-0.2, 0) is 9.53 Å². The van der Waals surface area contributed by atoms with Gasteiger partial charge in [0.15, 0.2) is 0 Å². The van der Waals surface area contributed by atoms with Crippen LogP contribution in [0.3, 0.4) is 0 Å². The van der Waals surface area contributed by atoms with Crippen molar-refractivity contribution in [2.75, 3.05) is 13.7 Å². The molecule has 0 aliphatic heterocycles. The standard InChI is InChI=1S/C18H17NO2/c1-21-18(20)14-19-13-12-17(15-8-4-2-5-9-15)16-10-6-3-7-11-16/h2-13H,14H2,1H3. The lowest BCUT2D eigenvalue weighted by atomic mass is 9.98. The molecule has 2 aromatic carbocycles. The molecule has 0 fully saturated rings. The molecule has 0 N–H and O–H groups in total. The van der Waals surface area contributed by atoms with E-state index in [9.17, 15) is 4.79 Å². The molecule has 0 saturated heterocycles. The summed E-state index contributed by atoms with van der Waals surface area (Å²) in [5, 5.41) is 0. The zero-order chi connectivity index (χ0) is 14.9. The zero-order valence-electron chi connectivity index (χ0n) is 11.9. The number of rotatable bonds is 5. The molecule has 0 saturated carbocycles. The average molecular weight is 279 g/mol. The van der Waals surface area contributed by atoms with Crippen molar-refractivity contribution in [3.63, 3.8) is 0 Å². The van der Waals surface area contributed by atoms with E-state index < -0.39 is 0 Å². The van der Waals surface area contributed by atoms with Crippen LogP contribution in [0.4, 0.5) is 0 Å². The van der Waals surface area contributed by atoms with Gasteiger partial charge in [0.1, 0.15) is 6.54 Å². The smallest absolute Gasteiger partial charge is 0.327 e. The number of ether oxygens (including phenoxy) is 1. The van der Waals surface area contributed by atoms with E-state index >= 15 is 0 Å². The summed E-state index contributed by atoms with van der Waals surface area (Å²) in [5.74, 6) is -0.347. The highest BCUT2D eigenvalue weighted by molar-refractivity contribution is 5.92. The van der Waals surface area contributed by atoms with Crippen LogP contribution >= 0.6 is 0 Å². The van der Waals surface area contributed by atoms with E-state index in [1.807, 2.05) is 66.7 Å². The molecule has 21 heavy (non-hydrogen) atoms. The van der Waals surface area contributed by atoms with Crippen molar-refractivity contribution in [2.24, 2.45) is 4.99 Å². The summed E-state index contributed by atoms with van der Waals surface area (Å²) >= 11 is 0. The number of benzene rings is 2. The third kappa shape index (κ3) is 4.42. The molecule has 0 aromatic heterocycles. The molecular formula is C18H17NO2. The van der Waals surface area contributed by atoms with Gasteiger partial charge in [0, 0.05) is 6.21 Å². The van der Waals surface area contributed by atoms with E-state index in [-0.39, 0.29) is 12.5 Å². The van der Waals surface area contributed by atoms with Crippen LogP contribution in [0.25, 0.3) is 5.57 Å². The van der Waals surface area contributed by atoms with Crippen molar-refractivity contribution >= 4 is 17.8 Å². The number of carbonyl (C=O) groups excluding carboxylic acids is 1. The molecule has 0 aliphatic carbocycles. The zero-order valence-corrected chi connectivity index (χ0v) is 11.9. The molecule has 3 nitrogen and oxygen atoms in total. The fourth-order valence-electron chi connectivity index (χ4n) is 1.91. The number of esters is 1. The largest absolute Gasteiger partial charge is 0.468 e. The van der Waals surface area contributed by atoms with E-state index in [1.165, 1.54) is 7.11 Å². The van der Waals surface area contributed by atoms with Gasteiger partial charge in [0.05, 0.1) is 7.11 Å². The van der Waals surface area contributed by atoms with Crippen LogP contribution in [0, 0.1) is 0 Å². The van der Waals surface area contributed by atoms with Gasteiger partial charge in [-0.25, -0.2) is 0 Å². The van der Waals surface area contributed by atoms with Crippen LogP contribution in [0.5, 0.6) is 0 Å². The second-order valence-electron chi connectivity index (χ2n) is 4.38. The summed E-state index contributed by atoms with van der Waals surface area (Å²) in [6, 6.07) is 20.2. The van der Waals surface area contributed by atoms with Crippen molar-refractivity contribution < 1.29 is 9.53 Å². The predicted octanol–water partition coefficient (Wildman–Crippen LogP) is 3.36. The molecule has 0 atom stereocenters. The van der Waals surface area contributed by atoms with Gasteiger partial charge in [-0.1, -0.05) is 60.7 Å².